The maximum atomic E-state index is 11.7. The van der Waals surface area contributed by atoms with Crippen LogP contribution in [0, 0.1) is 0 Å². The van der Waals surface area contributed by atoms with E-state index in [0.29, 0.717) is 0 Å². The molecule has 1 aliphatic heterocycles. The number of ether oxygens (including phenoxy) is 1. The molecule has 1 saturated heterocycles. The summed E-state index contributed by atoms with van der Waals surface area (Å²) in [5.74, 6) is 5.13. The Balaban J connectivity index is 2.58. The van der Waals surface area contributed by atoms with Crippen molar-refractivity contribution in [2.75, 3.05) is 20.2 Å². The summed E-state index contributed by atoms with van der Waals surface area (Å²) in [6.45, 7) is 3.86. The average molecular weight is 229 g/mol. The molecule has 0 spiro atoms. The fourth-order valence-electron chi connectivity index (χ4n) is 2.29. The highest BCUT2D eigenvalue weighted by Crippen LogP contribution is 2.17. The molecule has 0 aromatic carbocycles. The number of carbonyl (C=O) groups is 1. The number of piperidine rings is 1. The van der Waals surface area contributed by atoms with Crippen molar-refractivity contribution in [1.29, 1.82) is 0 Å². The maximum Gasteiger partial charge on any atom is 0.251 e. The maximum absolute atomic E-state index is 11.7. The van der Waals surface area contributed by atoms with Gasteiger partial charge in [0.15, 0.2) is 0 Å². The fraction of sp³-hybridized carbons (Fsp3) is 0.909. The van der Waals surface area contributed by atoms with Crippen LogP contribution in [0.15, 0.2) is 0 Å². The van der Waals surface area contributed by atoms with Gasteiger partial charge in [-0.3, -0.25) is 15.1 Å². The number of rotatable bonds is 5. The summed E-state index contributed by atoms with van der Waals surface area (Å²) in [6, 6.07) is -0.104. The average Bonchev–Trinajstić information content (AvgIpc) is 2.35. The third kappa shape index (κ3) is 3.43. The molecule has 0 aromatic rings. The highest BCUT2D eigenvalue weighted by molar-refractivity contribution is 5.81. The van der Waals surface area contributed by atoms with Crippen molar-refractivity contribution in [2.45, 2.75) is 44.8 Å². The molecule has 3 N–H and O–H groups in total. The van der Waals surface area contributed by atoms with Gasteiger partial charge in [-0.1, -0.05) is 13.3 Å². The Labute approximate surface area is 97.3 Å². The summed E-state index contributed by atoms with van der Waals surface area (Å²) in [4.78, 5) is 13.9. The lowest BCUT2D eigenvalue weighted by Crippen LogP contribution is -2.53. The first-order valence-electron chi connectivity index (χ1n) is 6.00. The number of amides is 1. The fourth-order valence-corrected chi connectivity index (χ4v) is 2.29. The van der Waals surface area contributed by atoms with Gasteiger partial charge in [-0.2, -0.15) is 0 Å². The second-order valence-electron chi connectivity index (χ2n) is 4.31. The summed E-state index contributed by atoms with van der Waals surface area (Å²) < 4.78 is 5.36. The molecule has 2 unspecified atom stereocenters. The molecule has 2 atom stereocenters. The number of hydrogen-bond acceptors (Lipinski definition) is 4. The molecule has 94 valence electrons. The molecular weight excluding hydrogens is 206 g/mol. The summed E-state index contributed by atoms with van der Waals surface area (Å²) in [5.41, 5.74) is 2.26. The number of hydrogen-bond donors (Lipinski definition) is 2. The third-order valence-corrected chi connectivity index (χ3v) is 3.19. The van der Waals surface area contributed by atoms with Crippen LogP contribution in [-0.4, -0.2) is 43.2 Å². The number of likely N-dealkylation sites (tertiary alicyclic amines) is 1. The van der Waals surface area contributed by atoms with E-state index in [2.05, 4.69) is 17.2 Å². The predicted octanol–water partition coefficient (Wildman–Crippen LogP) is 0.256. The molecule has 5 nitrogen and oxygen atoms in total. The number of hydrazine groups is 1. The summed E-state index contributed by atoms with van der Waals surface area (Å²) >= 11 is 0. The Morgan fingerprint density at radius 1 is 1.69 bits per heavy atom. The zero-order chi connectivity index (χ0) is 12.0. The summed E-state index contributed by atoms with van der Waals surface area (Å²) in [5, 5.41) is 0. The van der Waals surface area contributed by atoms with Crippen molar-refractivity contribution in [2.24, 2.45) is 5.84 Å². The molecule has 0 radical (unpaired) electrons. The number of nitrogens with two attached hydrogens (primary N) is 1. The van der Waals surface area contributed by atoms with E-state index in [1.54, 1.807) is 7.11 Å². The lowest BCUT2D eigenvalue weighted by atomic mass is 10.0. The van der Waals surface area contributed by atoms with Gasteiger partial charge < -0.3 is 4.74 Å². The second-order valence-corrected chi connectivity index (χ2v) is 4.31. The molecule has 1 aliphatic rings. The Bertz CT molecular complexity index is 223. The van der Waals surface area contributed by atoms with Crippen LogP contribution in [0.25, 0.3) is 0 Å². The highest BCUT2D eigenvalue weighted by atomic mass is 16.5. The number of methoxy groups -OCH3 is 1. The SMILES string of the molecule is CCCC(C(=O)NN)N1CCCC(OC)C1. The van der Waals surface area contributed by atoms with Gasteiger partial charge >= 0.3 is 0 Å². The van der Waals surface area contributed by atoms with Gasteiger partial charge in [0.2, 0.25) is 0 Å². The zero-order valence-corrected chi connectivity index (χ0v) is 10.2. The Kier molecular flexibility index (Phi) is 5.73. The van der Waals surface area contributed by atoms with Crippen molar-refractivity contribution < 1.29 is 9.53 Å². The van der Waals surface area contributed by atoms with Gasteiger partial charge in [-0.05, 0) is 25.8 Å². The van der Waals surface area contributed by atoms with E-state index in [1.165, 1.54) is 0 Å². The van der Waals surface area contributed by atoms with Gasteiger partial charge in [0.1, 0.15) is 0 Å². The van der Waals surface area contributed by atoms with Crippen LogP contribution in [-0.2, 0) is 9.53 Å². The van der Waals surface area contributed by atoms with E-state index < -0.39 is 0 Å². The van der Waals surface area contributed by atoms with Crippen LogP contribution >= 0.6 is 0 Å². The van der Waals surface area contributed by atoms with Crippen molar-refractivity contribution in [3.63, 3.8) is 0 Å². The smallest absolute Gasteiger partial charge is 0.251 e. The standard InChI is InChI=1S/C11H23N3O2/c1-3-5-10(11(15)13-12)14-7-4-6-9(8-14)16-2/h9-10H,3-8,12H2,1-2H3,(H,13,15). The van der Waals surface area contributed by atoms with E-state index >= 15 is 0 Å². The number of carbonyl (C=O) groups excluding carboxylic acids is 1. The first kappa shape index (κ1) is 13.4. The molecule has 1 amide bonds. The van der Waals surface area contributed by atoms with E-state index in [1.807, 2.05) is 0 Å². The molecule has 0 bridgehead atoms. The summed E-state index contributed by atoms with van der Waals surface area (Å²) in [7, 11) is 1.73. The molecule has 1 rings (SSSR count). The largest absolute Gasteiger partial charge is 0.380 e. The van der Waals surface area contributed by atoms with Gasteiger partial charge in [-0.25, -0.2) is 5.84 Å². The van der Waals surface area contributed by atoms with Crippen LogP contribution in [0.5, 0.6) is 0 Å². The van der Waals surface area contributed by atoms with Crippen LogP contribution in [0.2, 0.25) is 0 Å². The van der Waals surface area contributed by atoms with E-state index in [0.717, 1.165) is 38.8 Å². The Morgan fingerprint density at radius 3 is 3.00 bits per heavy atom. The van der Waals surface area contributed by atoms with Crippen LogP contribution in [0.3, 0.4) is 0 Å². The summed E-state index contributed by atoms with van der Waals surface area (Å²) in [6.07, 6.45) is 4.23. The van der Waals surface area contributed by atoms with Crippen molar-refractivity contribution in [1.82, 2.24) is 10.3 Å². The lowest BCUT2D eigenvalue weighted by Gasteiger charge is -2.36. The topological polar surface area (TPSA) is 67.6 Å². The second kappa shape index (κ2) is 6.83. The van der Waals surface area contributed by atoms with Crippen LogP contribution < -0.4 is 11.3 Å². The molecule has 1 fully saturated rings. The van der Waals surface area contributed by atoms with Crippen molar-refractivity contribution in [3.05, 3.63) is 0 Å². The molecular formula is C11H23N3O2. The first-order valence-corrected chi connectivity index (χ1v) is 6.00. The van der Waals surface area contributed by atoms with Crippen LogP contribution in [0.1, 0.15) is 32.6 Å². The van der Waals surface area contributed by atoms with E-state index in [-0.39, 0.29) is 18.1 Å². The number of nitrogens with one attached hydrogen (secondary N) is 1. The minimum atomic E-state index is -0.104. The molecule has 0 saturated carbocycles. The van der Waals surface area contributed by atoms with Gasteiger partial charge in [0.25, 0.3) is 5.91 Å². The highest BCUT2D eigenvalue weighted by Gasteiger charge is 2.29. The first-order chi connectivity index (χ1) is 7.72. The lowest BCUT2D eigenvalue weighted by molar-refractivity contribution is -0.128. The van der Waals surface area contributed by atoms with Gasteiger partial charge in [0, 0.05) is 13.7 Å². The normalized spacial score (nSPS) is 24.1. The minimum Gasteiger partial charge on any atom is -0.380 e. The quantitative estimate of drug-likeness (QED) is 0.403. The zero-order valence-electron chi connectivity index (χ0n) is 10.2. The van der Waals surface area contributed by atoms with Crippen molar-refractivity contribution in [3.8, 4) is 0 Å². The molecule has 1 heterocycles. The third-order valence-electron chi connectivity index (χ3n) is 3.19. The number of nitrogens with zero attached hydrogens (tertiary/aromatic N) is 1. The predicted molar refractivity (Wildman–Crippen MR) is 62.6 cm³/mol. The van der Waals surface area contributed by atoms with Crippen molar-refractivity contribution >= 4 is 5.91 Å². The molecule has 0 aliphatic carbocycles. The van der Waals surface area contributed by atoms with Gasteiger partial charge in [-0.15, -0.1) is 0 Å². The Hall–Kier alpha value is -0.650. The monoisotopic (exact) mass is 229 g/mol. The van der Waals surface area contributed by atoms with E-state index in [4.69, 9.17) is 10.6 Å². The minimum absolute atomic E-state index is 0.0846. The molecule has 16 heavy (non-hydrogen) atoms. The van der Waals surface area contributed by atoms with Gasteiger partial charge in [0.05, 0.1) is 12.1 Å². The Morgan fingerprint density at radius 2 is 2.44 bits per heavy atom. The molecule has 0 aromatic heterocycles. The van der Waals surface area contributed by atoms with Crippen LogP contribution in [0.4, 0.5) is 0 Å². The molecule has 5 heteroatoms. The van der Waals surface area contributed by atoms with E-state index in [9.17, 15) is 4.79 Å².